The Kier molecular flexibility index (Phi) is 4.22. The number of hydrogen-bond donors (Lipinski definition) is 3. The van der Waals surface area contributed by atoms with Crippen molar-refractivity contribution in [1.29, 1.82) is 0 Å². The summed E-state index contributed by atoms with van der Waals surface area (Å²) in [4.78, 5) is 15.4. The molecule has 0 bridgehead atoms. The van der Waals surface area contributed by atoms with Gasteiger partial charge < -0.3 is 15.4 Å². The van der Waals surface area contributed by atoms with Gasteiger partial charge in [0, 0.05) is 29.7 Å². The third-order valence-corrected chi connectivity index (χ3v) is 3.40. The second kappa shape index (κ2) is 5.89. The monoisotopic (exact) mass is 260 g/mol. The summed E-state index contributed by atoms with van der Waals surface area (Å²) in [6.07, 6.45) is 2.31. The minimum absolute atomic E-state index is 0.00818. The number of aromatic amines is 1. The first-order valence-electron chi connectivity index (χ1n) is 6.61. The average Bonchev–Trinajstić information content (AvgIpc) is 2.81. The SMILES string of the molecule is CC(C)C(CCO)NC(=O)c1c[nH]c2ccccc12. The number of rotatable bonds is 5. The molecule has 4 nitrogen and oxygen atoms in total. The van der Waals surface area contributed by atoms with Gasteiger partial charge in [-0.3, -0.25) is 4.79 Å². The smallest absolute Gasteiger partial charge is 0.253 e. The zero-order valence-electron chi connectivity index (χ0n) is 11.3. The molecule has 0 aliphatic carbocycles. The molecule has 0 saturated carbocycles. The number of para-hydroxylation sites is 1. The van der Waals surface area contributed by atoms with Gasteiger partial charge >= 0.3 is 0 Å². The molecule has 1 amide bonds. The highest BCUT2D eigenvalue weighted by molar-refractivity contribution is 6.06. The zero-order chi connectivity index (χ0) is 13.8. The van der Waals surface area contributed by atoms with Crippen LogP contribution in [0.1, 0.15) is 30.6 Å². The van der Waals surface area contributed by atoms with Crippen LogP contribution in [-0.4, -0.2) is 28.6 Å². The normalized spacial score (nSPS) is 12.8. The first kappa shape index (κ1) is 13.6. The Bertz CT molecular complexity index is 560. The number of aliphatic hydroxyl groups is 1. The lowest BCUT2D eigenvalue weighted by Crippen LogP contribution is -2.39. The first-order chi connectivity index (χ1) is 9.13. The summed E-state index contributed by atoms with van der Waals surface area (Å²) >= 11 is 0. The second-order valence-electron chi connectivity index (χ2n) is 5.08. The summed E-state index contributed by atoms with van der Waals surface area (Å²) in [5, 5.41) is 13.0. The van der Waals surface area contributed by atoms with Crippen molar-refractivity contribution in [3.63, 3.8) is 0 Å². The third-order valence-electron chi connectivity index (χ3n) is 3.40. The molecule has 4 heteroatoms. The number of fused-ring (bicyclic) bond motifs is 1. The third kappa shape index (κ3) is 2.96. The standard InChI is InChI=1S/C15H20N2O2/c1-10(2)13(7-8-18)17-15(19)12-9-16-14-6-4-3-5-11(12)14/h3-6,9-10,13,16,18H,7-8H2,1-2H3,(H,17,19). The zero-order valence-corrected chi connectivity index (χ0v) is 11.3. The molecule has 1 atom stereocenters. The molecule has 3 N–H and O–H groups in total. The number of nitrogens with one attached hydrogen (secondary N) is 2. The van der Waals surface area contributed by atoms with Crippen molar-refractivity contribution >= 4 is 16.8 Å². The van der Waals surface area contributed by atoms with E-state index in [0.717, 1.165) is 10.9 Å². The molecule has 102 valence electrons. The molecule has 0 aliphatic rings. The molecule has 0 fully saturated rings. The van der Waals surface area contributed by atoms with E-state index in [1.165, 1.54) is 0 Å². The van der Waals surface area contributed by atoms with Crippen molar-refractivity contribution in [2.45, 2.75) is 26.3 Å². The van der Waals surface area contributed by atoms with Gasteiger partial charge in [-0.05, 0) is 18.4 Å². The summed E-state index contributed by atoms with van der Waals surface area (Å²) < 4.78 is 0. The van der Waals surface area contributed by atoms with Gasteiger partial charge in [-0.15, -0.1) is 0 Å². The largest absolute Gasteiger partial charge is 0.396 e. The lowest BCUT2D eigenvalue weighted by molar-refractivity contribution is 0.0918. The number of hydrogen-bond acceptors (Lipinski definition) is 2. The molecule has 0 radical (unpaired) electrons. The predicted octanol–water partition coefficient (Wildman–Crippen LogP) is 2.30. The highest BCUT2D eigenvalue weighted by atomic mass is 16.3. The first-order valence-corrected chi connectivity index (χ1v) is 6.61. The van der Waals surface area contributed by atoms with Crippen molar-refractivity contribution in [3.05, 3.63) is 36.0 Å². The van der Waals surface area contributed by atoms with Gasteiger partial charge in [0.2, 0.25) is 0 Å². The molecule has 2 aromatic rings. The highest BCUT2D eigenvalue weighted by Crippen LogP contribution is 2.18. The number of benzene rings is 1. The lowest BCUT2D eigenvalue weighted by Gasteiger charge is -2.21. The molecule has 0 saturated heterocycles. The van der Waals surface area contributed by atoms with E-state index in [1.807, 2.05) is 38.1 Å². The van der Waals surface area contributed by atoms with Crippen molar-refractivity contribution < 1.29 is 9.90 Å². The summed E-state index contributed by atoms with van der Waals surface area (Å²) in [5.74, 6) is 0.200. The Morgan fingerprint density at radius 3 is 2.79 bits per heavy atom. The maximum absolute atomic E-state index is 12.3. The van der Waals surface area contributed by atoms with Gasteiger partial charge in [0.15, 0.2) is 0 Å². The van der Waals surface area contributed by atoms with Gasteiger partial charge in [0.25, 0.3) is 5.91 Å². The molecule has 2 rings (SSSR count). The summed E-state index contributed by atoms with van der Waals surface area (Å²) in [7, 11) is 0. The van der Waals surface area contributed by atoms with E-state index < -0.39 is 0 Å². The molecular formula is C15H20N2O2. The van der Waals surface area contributed by atoms with E-state index in [2.05, 4.69) is 10.3 Å². The van der Waals surface area contributed by atoms with Crippen LogP contribution < -0.4 is 5.32 Å². The molecule has 1 aromatic heterocycles. The topological polar surface area (TPSA) is 65.1 Å². The number of carbonyl (C=O) groups excluding carboxylic acids is 1. The van der Waals surface area contributed by atoms with Crippen LogP contribution in [0.5, 0.6) is 0 Å². The predicted molar refractivity (Wildman–Crippen MR) is 76.1 cm³/mol. The van der Waals surface area contributed by atoms with Crippen LogP contribution in [0, 0.1) is 5.92 Å². The van der Waals surface area contributed by atoms with Crippen LogP contribution in [0.15, 0.2) is 30.5 Å². The maximum Gasteiger partial charge on any atom is 0.253 e. The van der Waals surface area contributed by atoms with E-state index in [9.17, 15) is 4.79 Å². The Morgan fingerprint density at radius 1 is 1.37 bits per heavy atom. The fourth-order valence-electron chi connectivity index (χ4n) is 2.22. The number of carbonyl (C=O) groups is 1. The number of amides is 1. The Morgan fingerprint density at radius 2 is 2.11 bits per heavy atom. The lowest BCUT2D eigenvalue weighted by atomic mass is 10.0. The molecule has 19 heavy (non-hydrogen) atoms. The molecule has 1 aromatic carbocycles. The van der Waals surface area contributed by atoms with Gasteiger partial charge in [-0.2, -0.15) is 0 Å². The van der Waals surface area contributed by atoms with Crippen LogP contribution in [0.2, 0.25) is 0 Å². The fraction of sp³-hybridized carbons (Fsp3) is 0.400. The van der Waals surface area contributed by atoms with Crippen LogP contribution in [0.25, 0.3) is 10.9 Å². The number of aliphatic hydroxyl groups excluding tert-OH is 1. The maximum atomic E-state index is 12.3. The Hall–Kier alpha value is -1.81. The number of H-pyrrole nitrogens is 1. The van der Waals surface area contributed by atoms with Crippen LogP contribution in [0.3, 0.4) is 0 Å². The van der Waals surface area contributed by atoms with Gasteiger partial charge in [0.05, 0.1) is 5.56 Å². The molecule has 1 heterocycles. The van der Waals surface area contributed by atoms with Gasteiger partial charge in [-0.1, -0.05) is 32.0 Å². The van der Waals surface area contributed by atoms with Crippen LogP contribution >= 0.6 is 0 Å². The molecular weight excluding hydrogens is 240 g/mol. The molecule has 0 spiro atoms. The van der Waals surface area contributed by atoms with E-state index in [-0.39, 0.29) is 18.6 Å². The average molecular weight is 260 g/mol. The minimum Gasteiger partial charge on any atom is -0.396 e. The highest BCUT2D eigenvalue weighted by Gasteiger charge is 2.18. The van der Waals surface area contributed by atoms with Crippen molar-refractivity contribution in [3.8, 4) is 0 Å². The molecule has 1 unspecified atom stereocenters. The van der Waals surface area contributed by atoms with Crippen LogP contribution in [-0.2, 0) is 0 Å². The van der Waals surface area contributed by atoms with Gasteiger partial charge in [0.1, 0.15) is 0 Å². The van der Waals surface area contributed by atoms with Gasteiger partial charge in [-0.25, -0.2) is 0 Å². The fourth-order valence-corrected chi connectivity index (χ4v) is 2.22. The summed E-state index contributed by atoms with van der Waals surface area (Å²) in [5.41, 5.74) is 1.61. The Balaban J connectivity index is 2.19. The van der Waals surface area contributed by atoms with Crippen molar-refractivity contribution in [2.24, 2.45) is 5.92 Å². The quantitative estimate of drug-likeness (QED) is 0.772. The number of aromatic nitrogens is 1. The van der Waals surface area contributed by atoms with E-state index in [1.54, 1.807) is 6.20 Å². The van der Waals surface area contributed by atoms with Crippen molar-refractivity contribution in [2.75, 3.05) is 6.61 Å². The minimum atomic E-state index is -0.0930. The van der Waals surface area contributed by atoms with E-state index in [0.29, 0.717) is 17.9 Å². The van der Waals surface area contributed by atoms with Crippen molar-refractivity contribution in [1.82, 2.24) is 10.3 Å². The molecule has 0 aliphatic heterocycles. The summed E-state index contributed by atoms with van der Waals surface area (Å²) in [6, 6.07) is 7.71. The summed E-state index contributed by atoms with van der Waals surface area (Å²) in [6.45, 7) is 4.16. The Labute approximate surface area is 112 Å². The van der Waals surface area contributed by atoms with E-state index >= 15 is 0 Å². The van der Waals surface area contributed by atoms with Crippen LogP contribution in [0.4, 0.5) is 0 Å². The second-order valence-corrected chi connectivity index (χ2v) is 5.08. The van der Waals surface area contributed by atoms with E-state index in [4.69, 9.17) is 5.11 Å².